The first-order valence-corrected chi connectivity index (χ1v) is 4.57. The van der Waals surface area contributed by atoms with Crippen molar-refractivity contribution in [1.82, 2.24) is 0 Å². The second-order valence-corrected chi connectivity index (χ2v) is 3.16. The second kappa shape index (κ2) is 4.70. The fourth-order valence-electron chi connectivity index (χ4n) is 1.24. The maximum absolute atomic E-state index is 13.0. The summed E-state index contributed by atoms with van der Waals surface area (Å²) in [6.45, 7) is 5.72. The van der Waals surface area contributed by atoms with Gasteiger partial charge in [-0.2, -0.15) is 0 Å². The van der Waals surface area contributed by atoms with Crippen LogP contribution in [0.2, 0.25) is 0 Å². The number of rotatable bonds is 2. The van der Waals surface area contributed by atoms with E-state index in [2.05, 4.69) is 4.99 Å². The van der Waals surface area contributed by atoms with E-state index in [1.54, 1.807) is 12.3 Å². The molecule has 0 N–H and O–H groups in total. The molecule has 0 unspecified atom stereocenters. The van der Waals surface area contributed by atoms with E-state index in [1.165, 1.54) is 12.1 Å². The monoisotopic (exact) mass is 191 g/mol. The molecule has 1 aromatic carbocycles. The third-order valence-corrected chi connectivity index (χ3v) is 2.01. The second-order valence-electron chi connectivity index (χ2n) is 3.16. The molecule has 0 saturated heterocycles. The lowest BCUT2D eigenvalue weighted by molar-refractivity contribution is 0.627. The zero-order chi connectivity index (χ0) is 10.6. The van der Waals surface area contributed by atoms with Crippen molar-refractivity contribution in [2.45, 2.75) is 20.8 Å². The van der Waals surface area contributed by atoms with Gasteiger partial charge < -0.3 is 0 Å². The standard InChI is InChI=1S/C12H14FN/c1-4-7-14-10(3)12-8-11(13)6-5-9(12)2/h4-8H,1-3H3/b7-4-,14-10+. The van der Waals surface area contributed by atoms with Crippen molar-refractivity contribution < 1.29 is 4.39 Å². The van der Waals surface area contributed by atoms with Crippen molar-refractivity contribution in [2.24, 2.45) is 4.99 Å². The molecule has 0 aromatic heterocycles. The van der Waals surface area contributed by atoms with E-state index >= 15 is 0 Å². The summed E-state index contributed by atoms with van der Waals surface area (Å²) in [6, 6.07) is 4.73. The zero-order valence-corrected chi connectivity index (χ0v) is 8.71. The Morgan fingerprint density at radius 3 is 2.79 bits per heavy atom. The number of hydrogen-bond donors (Lipinski definition) is 0. The summed E-state index contributed by atoms with van der Waals surface area (Å²) >= 11 is 0. The van der Waals surface area contributed by atoms with Gasteiger partial charge in [0.2, 0.25) is 0 Å². The minimum Gasteiger partial charge on any atom is -0.261 e. The molecule has 0 aliphatic rings. The lowest BCUT2D eigenvalue weighted by Crippen LogP contribution is -1.98. The number of aryl methyl sites for hydroxylation is 1. The highest BCUT2D eigenvalue weighted by Gasteiger charge is 2.02. The summed E-state index contributed by atoms with van der Waals surface area (Å²) in [5.74, 6) is -0.222. The van der Waals surface area contributed by atoms with Crippen LogP contribution in [0.3, 0.4) is 0 Å². The van der Waals surface area contributed by atoms with Gasteiger partial charge >= 0.3 is 0 Å². The van der Waals surface area contributed by atoms with Crippen molar-refractivity contribution in [1.29, 1.82) is 0 Å². The Labute approximate surface area is 84.0 Å². The Balaban J connectivity index is 3.11. The summed E-state index contributed by atoms with van der Waals surface area (Å²) in [5, 5.41) is 0. The maximum Gasteiger partial charge on any atom is 0.123 e. The number of aliphatic imine (C=N–C) groups is 1. The molecule has 0 radical (unpaired) electrons. The lowest BCUT2D eigenvalue weighted by atomic mass is 10.1. The van der Waals surface area contributed by atoms with Gasteiger partial charge in [0.15, 0.2) is 0 Å². The summed E-state index contributed by atoms with van der Waals surface area (Å²) in [4.78, 5) is 4.18. The van der Waals surface area contributed by atoms with Crippen LogP contribution in [0, 0.1) is 12.7 Å². The van der Waals surface area contributed by atoms with Crippen molar-refractivity contribution >= 4 is 5.71 Å². The molecule has 1 nitrogen and oxygen atoms in total. The predicted molar refractivity (Wildman–Crippen MR) is 58.2 cm³/mol. The van der Waals surface area contributed by atoms with Gasteiger partial charge in [0.05, 0.1) is 0 Å². The Hall–Kier alpha value is -1.44. The van der Waals surface area contributed by atoms with Gasteiger partial charge in [-0.1, -0.05) is 12.1 Å². The molecule has 0 amide bonds. The maximum atomic E-state index is 13.0. The lowest BCUT2D eigenvalue weighted by Gasteiger charge is -2.04. The number of halogens is 1. The van der Waals surface area contributed by atoms with Crippen molar-refractivity contribution in [3.05, 3.63) is 47.4 Å². The quantitative estimate of drug-likeness (QED) is 0.635. The number of hydrogen-bond acceptors (Lipinski definition) is 1. The highest BCUT2D eigenvalue weighted by molar-refractivity contribution is 6.00. The molecule has 1 rings (SSSR count). The van der Waals surface area contributed by atoms with E-state index in [1.807, 2.05) is 26.8 Å². The molecule has 0 heterocycles. The van der Waals surface area contributed by atoms with E-state index in [-0.39, 0.29) is 5.82 Å². The molecule has 0 aliphatic carbocycles. The molecule has 0 bridgehead atoms. The van der Waals surface area contributed by atoms with Gasteiger partial charge in [-0.15, -0.1) is 0 Å². The van der Waals surface area contributed by atoms with Crippen LogP contribution in [-0.2, 0) is 0 Å². The van der Waals surface area contributed by atoms with Gasteiger partial charge in [0.25, 0.3) is 0 Å². The first kappa shape index (κ1) is 10.6. The predicted octanol–water partition coefficient (Wildman–Crippen LogP) is 3.48. The van der Waals surface area contributed by atoms with Crippen LogP contribution in [0.25, 0.3) is 0 Å². The molecular formula is C12H14FN. The van der Waals surface area contributed by atoms with Crippen LogP contribution in [0.15, 0.2) is 35.5 Å². The van der Waals surface area contributed by atoms with Crippen molar-refractivity contribution in [3.63, 3.8) is 0 Å². The Kier molecular flexibility index (Phi) is 3.57. The number of allylic oxidation sites excluding steroid dienone is 1. The smallest absolute Gasteiger partial charge is 0.123 e. The zero-order valence-electron chi connectivity index (χ0n) is 8.71. The summed E-state index contributed by atoms with van der Waals surface area (Å²) in [7, 11) is 0. The van der Waals surface area contributed by atoms with Crippen LogP contribution < -0.4 is 0 Å². The van der Waals surface area contributed by atoms with Crippen LogP contribution >= 0.6 is 0 Å². The fourth-order valence-corrected chi connectivity index (χ4v) is 1.24. The van der Waals surface area contributed by atoms with Gasteiger partial charge in [0.1, 0.15) is 5.82 Å². The minimum atomic E-state index is -0.222. The molecule has 1 aromatic rings. The summed E-state index contributed by atoms with van der Waals surface area (Å²) < 4.78 is 13.0. The highest BCUT2D eigenvalue weighted by Crippen LogP contribution is 2.11. The molecule has 14 heavy (non-hydrogen) atoms. The van der Waals surface area contributed by atoms with Crippen LogP contribution in [0.1, 0.15) is 25.0 Å². The van der Waals surface area contributed by atoms with Crippen LogP contribution in [-0.4, -0.2) is 5.71 Å². The topological polar surface area (TPSA) is 12.4 Å². The first-order chi connectivity index (χ1) is 6.65. The largest absolute Gasteiger partial charge is 0.261 e. The van der Waals surface area contributed by atoms with Gasteiger partial charge in [-0.05, 0) is 38.5 Å². The highest BCUT2D eigenvalue weighted by atomic mass is 19.1. The van der Waals surface area contributed by atoms with Gasteiger partial charge in [-0.3, -0.25) is 4.99 Å². The molecular weight excluding hydrogens is 177 g/mol. The van der Waals surface area contributed by atoms with Gasteiger partial charge in [0, 0.05) is 17.5 Å². The average molecular weight is 191 g/mol. The summed E-state index contributed by atoms with van der Waals surface area (Å²) in [5.41, 5.74) is 2.74. The molecule has 0 spiro atoms. The van der Waals surface area contributed by atoms with E-state index in [0.717, 1.165) is 16.8 Å². The van der Waals surface area contributed by atoms with E-state index in [9.17, 15) is 4.39 Å². The van der Waals surface area contributed by atoms with Crippen LogP contribution in [0.4, 0.5) is 4.39 Å². The molecule has 0 atom stereocenters. The third kappa shape index (κ3) is 2.52. The Bertz CT molecular complexity index is 378. The number of nitrogens with zero attached hydrogens (tertiary/aromatic N) is 1. The normalized spacial score (nSPS) is 12.4. The molecule has 0 aliphatic heterocycles. The van der Waals surface area contributed by atoms with E-state index < -0.39 is 0 Å². The minimum absolute atomic E-state index is 0.222. The average Bonchev–Trinajstić information content (AvgIpc) is 2.18. The number of benzene rings is 1. The van der Waals surface area contributed by atoms with E-state index in [4.69, 9.17) is 0 Å². The molecule has 74 valence electrons. The first-order valence-electron chi connectivity index (χ1n) is 4.57. The fraction of sp³-hybridized carbons (Fsp3) is 0.250. The summed E-state index contributed by atoms with van der Waals surface area (Å²) in [6.07, 6.45) is 3.55. The van der Waals surface area contributed by atoms with Crippen molar-refractivity contribution in [3.8, 4) is 0 Å². The van der Waals surface area contributed by atoms with Gasteiger partial charge in [-0.25, -0.2) is 4.39 Å². The molecule has 2 heteroatoms. The van der Waals surface area contributed by atoms with Crippen LogP contribution in [0.5, 0.6) is 0 Å². The Morgan fingerprint density at radius 2 is 2.14 bits per heavy atom. The van der Waals surface area contributed by atoms with Crippen molar-refractivity contribution in [2.75, 3.05) is 0 Å². The third-order valence-electron chi connectivity index (χ3n) is 2.01. The molecule has 0 saturated carbocycles. The molecule has 0 fully saturated rings. The van der Waals surface area contributed by atoms with E-state index in [0.29, 0.717) is 0 Å². The SMILES string of the molecule is C/C=C\N=C(/C)c1cc(F)ccc1C. The Morgan fingerprint density at radius 1 is 1.43 bits per heavy atom.